The predicted molar refractivity (Wildman–Crippen MR) is 86.4 cm³/mol. The fraction of sp³-hybridized carbons (Fsp3) is 0.222. The number of rotatable bonds is 4. The molecule has 2 unspecified atom stereocenters. The molecule has 0 bridgehead atoms. The first-order chi connectivity index (χ1) is 11.6. The Morgan fingerprint density at radius 1 is 1.42 bits per heavy atom. The van der Waals surface area contributed by atoms with Crippen LogP contribution in [-0.2, 0) is 4.79 Å². The van der Waals surface area contributed by atoms with E-state index in [9.17, 15) is 9.18 Å². The first kappa shape index (κ1) is 14.7. The van der Waals surface area contributed by atoms with E-state index in [1.54, 1.807) is 42.3 Å². The van der Waals surface area contributed by atoms with Gasteiger partial charge in [-0.15, -0.1) is 0 Å². The molecule has 1 N–H and O–H groups in total. The second-order valence-corrected chi connectivity index (χ2v) is 5.96. The van der Waals surface area contributed by atoms with Crippen molar-refractivity contribution in [1.29, 1.82) is 0 Å². The van der Waals surface area contributed by atoms with Crippen molar-refractivity contribution >= 4 is 11.6 Å². The Morgan fingerprint density at radius 3 is 2.96 bits per heavy atom. The molecule has 0 radical (unpaired) electrons. The van der Waals surface area contributed by atoms with Gasteiger partial charge in [0.15, 0.2) is 0 Å². The minimum absolute atomic E-state index is 0.109. The zero-order valence-electron chi connectivity index (χ0n) is 13.1. The van der Waals surface area contributed by atoms with Gasteiger partial charge in [0.25, 0.3) is 0 Å². The molecule has 1 amide bonds. The molecule has 1 saturated carbocycles. The number of amides is 1. The highest BCUT2D eigenvalue weighted by molar-refractivity contribution is 5.95. The van der Waals surface area contributed by atoms with Crippen molar-refractivity contribution in [3.63, 3.8) is 0 Å². The molecule has 24 heavy (non-hydrogen) atoms. The van der Waals surface area contributed by atoms with E-state index in [0.29, 0.717) is 17.2 Å². The van der Waals surface area contributed by atoms with Crippen LogP contribution in [0.3, 0.4) is 0 Å². The lowest BCUT2D eigenvalue weighted by molar-refractivity contribution is -0.117. The van der Waals surface area contributed by atoms with Crippen LogP contribution in [0.2, 0.25) is 0 Å². The van der Waals surface area contributed by atoms with E-state index < -0.39 is 5.82 Å². The number of carbonyl (C=O) groups is 1. The Bertz CT molecular complexity index is 886. The summed E-state index contributed by atoms with van der Waals surface area (Å²) in [6.45, 7) is 1.80. The summed E-state index contributed by atoms with van der Waals surface area (Å²) in [5, 5.41) is 2.78. The van der Waals surface area contributed by atoms with Crippen LogP contribution < -0.4 is 5.32 Å². The normalized spacial score (nSPS) is 19.2. The largest absolute Gasteiger partial charge is 0.469 e. The summed E-state index contributed by atoms with van der Waals surface area (Å²) >= 11 is 0. The van der Waals surface area contributed by atoms with Gasteiger partial charge in [0.1, 0.15) is 17.4 Å². The summed E-state index contributed by atoms with van der Waals surface area (Å²) in [6, 6.07) is 8.35. The van der Waals surface area contributed by atoms with Crippen molar-refractivity contribution in [2.75, 3.05) is 5.32 Å². The molecule has 2 heterocycles. The van der Waals surface area contributed by atoms with E-state index in [4.69, 9.17) is 4.42 Å². The molecule has 5 nitrogen and oxygen atoms in total. The number of anilines is 1. The lowest BCUT2D eigenvalue weighted by Gasteiger charge is -2.09. The highest BCUT2D eigenvalue weighted by Gasteiger charge is 2.45. The number of hydrogen-bond donors (Lipinski definition) is 1. The first-order valence-electron chi connectivity index (χ1n) is 7.77. The van der Waals surface area contributed by atoms with Gasteiger partial charge >= 0.3 is 0 Å². The van der Waals surface area contributed by atoms with Crippen molar-refractivity contribution in [1.82, 2.24) is 9.55 Å². The lowest BCUT2D eigenvalue weighted by Crippen LogP contribution is -2.15. The fourth-order valence-electron chi connectivity index (χ4n) is 2.95. The number of carbonyl (C=O) groups excluding carboxylic acids is 1. The summed E-state index contributed by atoms with van der Waals surface area (Å²) in [5.41, 5.74) is 0.854. The average Bonchev–Trinajstić information content (AvgIpc) is 2.96. The molecule has 1 fully saturated rings. The number of imidazole rings is 1. The third-order valence-electron chi connectivity index (χ3n) is 4.34. The Kier molecular flexibility index (Phi) is 3.45. The number of halogens is 1. The van der Waals surface area contributed by atoms with Crippen molar-refractivity contribution in [2.24, 2.45) is 5.92 Å². The summed E-state index contributed by atoms with van der Waals surface area (Å²) in [6.07, 6.45) is 5.68. The first-order valence-corrected chi connectivity index (χ1v) is 7.77. The van der Waals surface area contributed by atoms with Gasteiger partial charge in [-0.1, -0.05) is 0 Å². The zero-order valence-corrected chi connectivity index (χ0v) is 13.1. The Hall–Kier alpha value is -2.89. The van der Waals surface area contributed by atoms with Gasteiger partial charge in [0.2, 0.25) is 5.91 Å². The Balaban J connectivity index is 1.47. The lowest BCUT2D eigenvalue weighted by atomic mass is 10.2. The number of nitrogens with one attached hydrogen (secondary N) is 1. The van der Waals surface area contributed by atoms with Crippen LogP contribution in [0, 0.1) is 18.7 Å². The summed E-state index contributed by atoms with van der Waals surface area (Å²) < 4.78 is 21.3. The molecule has 1 aliphatic carbocycles. The van der Waals surface area contributed by atoms with E-state index in [0.717, 1.165) is 12.2 Å². The number of hydrogen-bond acceptors (Lipinski definition) is 3. The number of aryl methyl sites for hydroxylation is 1. The maximum absolute atomic E-state index is 14.3. The molecule has 3 aromatic rings. The van der Waals surface area contributed by atoms with Crippen LogP contribution in [0.15, 0.2) is 53.4 Å². The molecule has 4 rings (SSSR count). The van der Waals surface area contributed by atoms with E-state index in [1.807, 2.05) is 12.1 Å². The number of nitrogens with zero attached hydrogens (tertiary/aromatic N) is 2. The third kappa shape index (κ3) is 2.60. The summed E-state index contributed by atoms with van der Waals surface area (Å²) in [5.74, 6) is 1.01. The Labute approximate surface area is 138 Å². The van der Waals surface area contributed by atoms with E-state index in [2.05, 4.69) is 10.3 Å². The maximum Gasteiger partial charge on any atom is 0.228 e. The monoisotopic (exact) mass is 325 g/mol. The van der Waals surface area contributed by atoms with Crippen LogP contribution in [0.1, 0.15) is 23.9 Å². The number of furan rings is 1. The van der Waals surface area contributed by atoms with Gasteiger partial charge in [0, 0.05) is 29.9 Å². The molecule has 0 spiro atoms. The standard InChI is InChI=1S/C18H16FN3O2/c1-11-20-6-7-22(11)16-5-4-12(9-15(16)19)21-18(23)14-10-13(14)17-3-2-8-24-17/h2-9,13-14H,10H2,1H3,(H,21,23). The Morgan fingerprint density at radius 2 is 2.29 bits per heavy atom. The minimum Gasteiger partial charge on any atom is -0.469 e. The average molecular weight is 325 g/mol. The zero-order chi connectivity index (χ0) is 16.7. The van der Waals surface area contributed by atoms with E-state index >= 15 is 0 Å². The van der Waals surface area contributed by atoms with Crippen molar-refractivity contribution < 1.29 is 13.6 Å². The molecule has 6 heteroatoms. The molecule has 2 aromatic heterocycles. The summed E-state index contributed by atoms with van der Waals surface area (Å²) in [4.78, 5) is 16.4. The quantitative estimate of drug-likeness (QED) is 0.796. The van der Waals surface area contributed by atoms with Gasteiger partial charge in [-0.25, -0.2) is 9.37 Å². The maximum atomic E-state index is 14.3. The number of benzene rings is 1. The van der Waals surface area contributed by atoms with Crippen molar-refractivity contribution in [2.45, 2.75) is 19.3 Å². The van der Waals surface area contributed by atoms with Gasteiger partial charge in [-0.05, 0) is 43.7 Å². The van der Waals surface area contributed by atoms with Gasteiger partial charge in [-0.3, -0.25) is 4.79 Å². The summed E-state index contributed by atoms with van der Waals surface area (Å²) in [7, 11) is 0. The van der Waals surface area contributed by atoms with Gasteiger partial charge in [0.05, 0.1) is 12.0 Å². The topological polar surface area (TPSA) is 60.1 Å². The highest BCUT2D eigenvalue weighted by atomic mass is 19.1. The fourth-order valence-corrected chi connectivity index (χ4v) is 2.95. The van der Waals surface area contributed by atoms with Crippen LogP contribution in [0.5, 0.6) is 0 Å². The van der Waals surface area contributed by atoms with Crippen molar-refractivity contribution in [3.05, 3.63) is 66.4 Å². The molecular formula is C18H16FN3O2. The smallest absolute Gasteiger partial charge is 0.228 e. The van der Waals surface area contributed by atoms with Crippen molar-refractivity contribution in [3.8, 4) is 5.69 Å². The molecule has 0 aliphatic heterocycles. The minimum atomic E-state index is -0.410. The molecular weight excluding hydrogens is 309 g/mol. The van der Waals surface area contributed by atoms with Gasteiger partial charge < -0.3 is 14.3 Å². The van der Waals surface area contributed by atoms with Crippen LogP contribution in [-0.4, -0.2) is 15.5 Å². The molecule has 1 aliphatic rings. The van der Waals surface area contributed by atoms with Gasteiger partial charge in [-0.2, -0.15) is 0 Å². The second kappa shape index (κ2) is 5.63. The molecule has 1 aromatic carbocycles. The van der Waals surface area contributed by atoms with Crippen LogP contribution in [0.25, 0.3) is 5.69 Å². The predicted octanol–water partition coefficient (Wildman–Crippen LogP) is 3.66. The molecule has 0 saturated heterocycles. The van der Waals surface area contributed by atoms with E-state index in [1.165, 1.54) is 6.07 Å². The highest BCUT2D eigenvalue weighted by Crippen LogP contribution is 2.48. The second-order valence-electron chi connectivity index (χ2n) is 5.96. The van der Waals surface area contributed by atoms with Crippen LogP contribution >= 0.6 is 0 Å². The SMILES string of the molecule is Cc1nccn1-c1ccc(NC(=O)C2CC2c2ccco2)cc1F. The molecule has 2 atom stereocenters. The van der Waals surface area contributed by atoms with Crippen LogP contribution in [0.4, 0.5) is 10.1 Å². The number of aromatic nitrogens is 2. The van der Waals surface area contributed by atoms with E-state index in [-0.39, 0.29) is 17.7 Å². The third-order valence-corrected chi connectivity index (χ3v) is 4.34. The molecule has 122 valence electrons.